The molecule has 1 N–H and O–H groups in total. The fourth-order valence-electron chi connectivity index (χ4n) is 3.67. The van der Waals surface area contributed by atoms with Crippen LogP contribution in [0.15, 0.2) is 21.8 Å². The second-order valence-corrected chi connectivity index (χ2v) is 8.17. The molecule has 3 heterocycles. The molecule has 0 radical (unpaired) electrons. The quantitative estimate of drug-likeness (QED) is 0.607. The number of ether oxygens (including phenoxy) is 2. The lowest BCUT2D eigenvalue weighted by Gasteiger charge is -2.35. The third kappa shape index (κ3) is 5.69. The van der Waals surface area contributed by atoms with Crippen LogP contribution in [0.1, 0.15) is 50.5 Å². The van der Waals surface area contributed by atoms with E-state index < -0.39 is 0 Å². The van der Waals surface area contributed by atoms with Gasteiger partial charge in [0.15, 0.2) is 5.96 Å². The molecule has 0 aliphatic carbocycles. The highest BCUT2D eigenvalue weighted by Gasteiger charge is 2.24. The predicted octanol–water partition coefficient (Wildman–Crippen LogP) is 3.48. The molecule has 0 amide bonds. The molecular weight excluding hydrogens is 346 g/mol. The van der Waals surface area contributed by atoms with E-state index in [2.05, 4.69) is 39.0 Å². The summed E-state index contributed by atoms with van der Waals surface area (Å²) >= 11 is 1.76. The van der Waals surface area contributed by atoms with Gasteiger partial charge in [-0.2, -0.15) is 11.3 Å². The molecule has 146 valence electrons. The van der Waals surface area contributed by atoms with Crippen LogP contribution in [0.25, 0.3) is 0 Å². The SMILES string of the molecule is CN=C(NCC(C)c1ccsc1)N1CCC(OCC2CCCCO2)CC1. The smallest absolute Gasteiger partial charge is 0.193 e. The first-order valence-electron chi connectivity index (χ1n) is 9.97. The Balaban J connectivity index is 1.37. The molecule has 6 heteroatoms. The van der Waals surface area contributed by atoms with Crippen LogP contribution in [0.5, 0.6) is 0 Å². The number of nitrogens with one attached hydrogen (secondary N) is 1. The average Bonchev–Trinajstić information content (AvgIpc) is 3.23. The Kier molecular flexibility index (Phi) is 7.77. The summed E-state index contributed by atoms with van der Waals surface area (Å²) in [6, 6.07) is 2.21. The van der Waals surface area contributed by atoms with Crippen LogP contribution in [0.3, 0.4) is 0 Å². The normalized spacial score (nSPS) is 23.8. The second kappa shape index (κ2) is 10.3. The molecule has 1 aromatic rings. The molecule has 0 aromatic carbocycles. The van der Waals surface area contributed by atoms with E-state index in [0.717, 1.165) is 58.1 Å². The second-order valence-electron chi connectivity index (χ2n) is 7.39. The predicted molar refractivity (Wildman–Crippen MR) is 108 cm³/mol. The number of nitrogens with zero attached hydrogens (tertiary/aromatic N) is 2. The van der Waals surface area contributed by atoms with Gasteiger partial charge in [-0.15, -0.1) is 0 Å². The van der Waals surface area contributed by atoms with E-state index in [-0.39, 0.29) is 0 Å². The molecule has 2 fully saturated rings. The summed E-state index contributed by atoms with van der Waals surface area (Å²) in [5.74, 6) is 1.51. The minimum Gasteiger partial charge on any atom is -0.376 e. The minimum atomic E-state index is 0.315. The first-order chi connectivity index (χ1) is 12.8. The Labute approximate surface area is 161 Å². The summed E-state index contributed by atoms with van der Waals surface area (Å²) in [5, 5.41) is 7.92. The van der Waals surface area contributed by atoms with Crippen molar-refractivity contribution >= 4 is 17.3 Å². The van der Waals surface area contributed by atoms with Crippen molar-refractivity contribution < 1.29 is 9.47 Å². The van der Waals surface area contributed by atoms with E-state index in [0.29, 0.717) is 18.1 Å². The lowest BCUT2D eigenvalue weighted by molar-refractivity contribution is -0.0721. The van der Waals surface area contributed by atoms with Gasteiger partial charge >= 0.3 is 0 Å². The van der Waals surface area contributed by atoms with E-state index in [1.807, 2.05) is 7.05 Å². The van der Waals surface area contributed by atoms with E-state index in [4.69, 9.17) is 9.47 Å². The lowest BCUT2D eigenvalue weighted by Crippen LogP contribution is -2.48. The summed E-state index contributed by atoms with van der Waals surface area (Å²) < 4.78 is 11.9. The maximum Gasteiger partial charge on any atom is 0.193 e. The highest BCUT2D eigenvalue weighted by atomic mass is 32.1. The van der Waals surface area contributed by atoms with Gasteiger partial charge in [0.2, 0.25) is 0 Å². The molecule has 1 aromatic heterocycles. The molecular formula is C20H33N3O2S. The van der Waals surface area contributed by atoms with Gasteiger partial charge in [-0.25, -0.2) is 0 Å². The molecule has 3 rings (SSSR count). The maximum atomic E-state index is 6.12. The number of hydrogen-bond donors (Lipinski definition) is 1. The van der Waals surface area contributed by atoms with Crippen molar-refractivity contribution in [2.45, 2.75) is 57.2 Å². The number of aliphatic imine (C=N–C) groups is 1. The van der Waals surface area contributed by atoms with Gasteiger partial charge in [0, 0.05) is 33.3 Å². The summed E-state index contributed by atoms with van der Waals surface area (Å²) in [7, 11) is 1.88. The summed E-state index contributed by atoms with van der Waals surface area (Å²) in [6.07, 6.45) is 6.43. The Morgan fingerprint density at radius 1 is 1.38 bits per heavy atom. The number of guanidine groups is 1. The highest BCUT2D eigenvalue weighted by molar-refractivity contribution is 7.07. The number of rotatable bonds is 6. The van der Waals surface area contributed by atoms with Gasteiger partial charge in [-0.3, -0.25) is 4.99 Å². The molecule has 2 unspecified atom stereocenters. The van der Waals surface area contributed by atoms with Crippen molar-refractivity contribution in [3.8, 4) is 0 Å². The minimum absolute atomic E-state index is 0.315. The van der Waals surface area contributed by atoms with Gasteiger partial charge < -0.3 is 19.7 Å². The molecule has 2 aliphatic rings. The zero-order valence-electron chi connectivity index (χ0n) is 16.2. The topological polar surface area (TPSA) is 46.1 Å². The Hall–Kier alpha value is -1.11. The summed E-state index contributed by atoms with van der Waals surface area (Å²) in [5.41, 5.74) is 1.40. The maximum absolute atomic E-state index is 6.12. The van der Waals surface area contributed by atoms with Crippen molar-refractivity contribution in [3.63, 3.8) is 0 Å². The van der Waals surface area contributed by atoms with Crippen LogP contribution in [-0.2, 0) is 9.47 Å². The van der Waals surface area contributed by atoms with E-state index in [9.17, 15) is 0 Å². The fraction of sp³-hybridized carbons (Fsp3) is 0.750. The lowest BCUT2D eigenvalue weighted by atomic mass is 10.1. The fourth-order valence-corrected chi connectivity index (χ4v) is 4.45. The van der Waals surface area contributed by atoms with Crippen LogP contribution in [0.2, 0.25) is 0 Å². The van der Waals surface area contributed by atoms with Crippen LogP contribution < -0.4 is 5.32 Å². The van der Waals surface area contributed by atoms with Crippen LogP contribution in [0, 0.1) is 0 Å². The Bertz CT molecular complexity index is 535. The average molecular weight is 380 g/mol. The number of piperidine rings is 1. The molecule has 2 aliphatic heterocycles. The third-order valence-corrected chi connectivity index (χ3v) is 6.13. The first-order valence-corrected chi connectivity index (χ1v) is 10.9. The monoisotopic (exact) mass is 379 g/mol. The summed E-state index contributed by atoms with van der Waals surface area (Å²) in [4.78, 5) is 6.84. The van der Waals surface area contributed by atoms with Crippen LogP contribution in [0.4, 0.5) is 0 Å². The number of likely N-dealkylation sites (tertiary alicyclic amines) is 1. The zero-order valence-corrected chi connectivity index (χ0v) is 17.0. The number of thiophene rings is 1. The molecule has 2 atom stereocenters. The molecule has 2 saturated heterocycles. The molecule has 5 nitrogen and oxygen atoms in total. The van der Waals surface area contributed by atoms with Crippen molar-refractivity contribution in [1.29, 1.82) is 0 Å². The Morgan fingerprint density at radius 2 is 2.23 bits per heavy atom. The van der Waals surface area contributed by atoms with Crippen molar-refractivity contribution in [2.75, 3.05) is 39.9 Å². The van der Waals surface area contributed by atoms with Gasteiger partial charge in [0.05, 0.1) is 18.8 Å². The van der Waals surface area contributed by atoms with Gasteiger partial charge in [0.1, 0.15) is 0 Å². The standard InChI is InChI=1S/C20H33N3O2S/c1-16(17-8-12-26-15-17)13-22-20(21-2)23-9-6-18(7-10-23)25-14-19-5-3-4-11-24-19/h8,12,15-16,18-19H,3-7,9-11,13-14H2,1-2H3,(H,21,22). The Morgan fingerprint density at radius 3 is 2.88 bits per heavy atom. The van der Waals surface area contributed by atoms with Gasteiger partial charge in [0.25, 0.3) is 0 Å². The summed E-state index contributed by atoms with van der Waals surface area (Å²) in [6.45, 7) is 6.84. The van der Waals surface area contributed by atoms with Crippen molar-refractivity contribution in [2.24, 2.45) is 4.99 Å². The third-order valence-electron chi connectivity index (χ3n) is 5.42. The molecule has 0 bridgehead atoms. The van der Waals surface area contributed by atoms with Gasteiger partial charge in [-0.05, 0) is 60.4 Å². The van der Waals surface area contributed by atoms with Crippen LogP contribution >= 0.6 is 11.3 Å². The zero-order chi connectivity index (χ0) is 18.2. The highest BCUT2D eigenvalue weighted by Crippen LogP contribution is 2.19. The number of hydrogen-bond acceptors (Lipinski definition) is 4. The molecule has 26 heavy (non-hydrogen) atoms. The van der Waals surface area contributed by atoms with E-state index in [1.165, 1.54) is 18.4 Å². The van der Waals surface area contributed by atoms with Gasteiger partial charge in [-0.1, -0.05) is 6.92 Å². The van der Waals surface area contributed by atoms with Crippen molar-refractivity contribution in [1.82, 2.24) is 10.2 Å². The first kappa shape index (κ1) is 19.6. The van der Waals surface area contributed by atoms with Crippen LogP contribution in [-0.4, -0.2) is 63.0 Å². The van der Waals surface area contributed by atoms with E-state index in [1.54, 1.807) is 11.3 Å². The van der Waals surface area contributed by atoms with E-state index >= 15 is 0 Å². The molecule has 0 saturated carbocycles. The largest absolute Gasteiger partial charge is 0.376 e. The molecule has 0 spiro atoms. The van der Waals surface area contributed by atoms with Crippen molar-refractivity contribution in [3.05, 3.63) is 22.4 Å².